The molecular weight excluding hydrogens is 267 g/mol. The second kappa shape index (κ2) is 6.04. The third-order valence-electron chi connectivity index (χ3n) is 2.77. The Balaban J connectivity index is 2.02. The van der Waals surface area contributed by atoms with Crippen molar-refractivity contribution >= 4 is 11.6 Å². The molecule has 0 aliphatic carbocycles. The quantitative estimate of drug-likeness (QED) is 0.913. The van der Waals surface area contributed by atoms with Gasteiger partial charge in [0.1, 0.15) is 18.2 Å². The SMILES string of the molecule is C[C@H](O)c1ccc(OCc2ccc(Cl)cc2F)cc1. The van der Waals surface area contributed by atoms with Gasteiger partial charge in [0, 0.05) is 10.6 Å². The number of benzene rings is 2. The van der Waals surface area contributed by atoms with E-state index < -0.39 is 6.10 Å². The molecule has 0 aliphatic rings. The smallest absolute Gasteiger partial charge is 0.131 e. The summed E-state index contributed by atoms with van der Waals surface area (Å²) in [5, 5.41) is 9.75. The van der Waals surface area contributed by atoms with Crippen molar-refractivity contribution in [3.8, 4) is 5.75 Å². The lowest BCUT2D eigenvalue weighted by atomic mass is 10.1. The number of hydrogen-bond donors (Lipinski definition) is 1. The average Bonchev–Trinajstić information content (AvgIpc) is 2.38. The second-order valence-electron chi connectivity index (χ2n) is 4.27. The van der Waals surface area contributed by atoms with Gasteiger partial charge in [-0.3, -0.25) is 0 Å². The van der Waals surface area contributed by atoms with E-state index in [0.29, 0.717) is 16.3 Å². The molecule has 2 rings (SSSR count). The van der Waals surface area contributed by atoms with Crippen LogP contribution < -0.4 is 4.74 Å². The fourth-order valence-electron chi connectivity index (χ4n) is 1.64. The zero-order valence-corrected chi connectivity index (χ0v) is 11.2. The van der Waals surface area contributed by atoms with Crippen LogP contribution in [0.1, 0.15) is 24.2 Å². The Kier molecular flexibility index (Phi) is 4.40. The number of aliphatic hydroxyl groups is 1. The summed E-state index contributed by atoms with van der Waals surface area (Å²) in [6.07, 6.45) is -0.511. The van der Waals surface area contributed by atoms with Gasteiger partial charge >= 0.3 is 0 Å². The standard InChI is InChI=1S/C15H14ClFO2/c1-10(18)11-3-6-14(7-4-11)19-9-12-2-5-13(16)8-15(12)17/h2-8,10,18H,9H2,1H3/t10-/m0/s1. The predicted molar refractivity (Wildman–Crippen MR) is 72.8 cm³/mol. The minimum Gasteiger partial charge on any atom is -0.489 e. The molecule has 19 heavy (non-hydrogen) atoms. The molecule has 0 saturated heterocycles. The first-order valence-corrected chi connectivity index (χ1v) is 6.29. The minimum atomic E-state index is -0.511. The fourth-order valence-corrected chi connectivity index (χ4v) is 1.80. The van der Waals surface area contributed by atoms with Crippen LogP contribution in [0.2, 0.25) is 5.02 Å². The Morgan fingerprint density at radius 3 is 2.47 bits per heavy atom. The normalized spacial score (nSPS) is 12.2. The maximum atomic E-state index is 13.5. The number of rotatable bonds is 4. The number of halogens is 2. The highest BCUT2D eigenvalue weighted by atomic mass is 35.5. The molecule has 0 aliphatic heterocycles. The summed E-state index contributed by atoms with van der Waals surface area (Å²) in [4.78, 5) is 0. The Morgan fingerprint density at radius 1 is 1.21 bits per heavy atom. The predicted octanol–water partition coefficient (Wildman–Crippen LogP) is 4.11. The van der Waals surface area contributed by atoms with Gasteiger partial charge in [0.05, 0.1) is 6.10 Å². The Bertz CT molecular complexity index is 553. The van der Waals surface area contributed by atoms with Gasteiger partial charge in [0.15, 0.2) is 0 Å². The molecule has 0 radical (unpaired) electrons. The van der Waals surface area contributed by atoms with Crippen LogP contribution in [0.5, 0.6) is 5.75 Å². The van der Waals surface area contributed by atoms with E-state index in [1.54, 1.807) is 43.3 Å². The van der Waals surface area contributed by atoms with Gasteiger partial charge in [0.2, 0.25) is 0 Å². The maximum absolute atomic E-state index is 13.5. The largest absolute Gasteiger partial charge is 0.489 e. The summed E-state index contributed by atoms with van der Waals surface area (Å²) < 4.78 is 19.0. The molecule has 0 aromatic heterocycles. The van der Waals surface area contributed by atoms with Gasteiger partial charge in [-0.15, -0.1) is 0 Å². The molecule has 1 N–H and O–H groups in total. The topological polar surface area (TPSA) is 29.5 Å². The van der Waals surface area contributed by atoms with Gasteiger partial charge in [-0.2, -0.15) is 0 Å². The van der Waals surface area contributed by atoms with Gasteiger partial charge < -0.3 is 9.84 Å². The first kappa shape index (κ1) is 13.8. The molecule has 2 nitrogen and oxygen atoms in total. The van der Waals surface area contributed by atoms with E-state index in [1.807, 2.05) is 0 Å². The third-order valence-corrected chi connectivity index (χ3v) is 3.01. The summed E-state index contributed by atoms with van der Waals surface area (Å²) >= 11 is 5.68. The van der Waals surface area contributed by atoms with E-state index in [-0.39, 0.29) is 12.4 Å². The molecule has 0 unspecified atom stereocenters. The van der Waals surface area contributed by atoms with Crippen LogP contribution >= 0.6 is 11.6 Å². The fraction of sp³-hybridized carbons (Fsp3) is 0.200. The molecular formula is C15H14ClFO2. The van der Waals surface area contributed by atoms with Crippen molar-refractivity contribution in [1.29, 1.82) is 0 Å². The van der Waals surface area contributed by atoms with Gasteiger partial charge in [-0.25, -0.2) is 4.39 Å². The molecule has 100 valence electrons. The summed E-state index contributed by atoms with van der Waals surface area (Å²) in [5.41, 5.74) is 1.26. The van der Waals surface area contributed by atoms with Crippen molar-refractivity contribution in [2.45, 2.75) is 19.6 Å². The number of aliphatic hydroxyl groups excluding tert-OH is 1. The lowest BCUT2D eigenvalue weighted by Crippen LogP contribution is -1.99. The van der Waals surface area contributed by atoms with Crippen LogP contribution in [-0.2, 0) is 6.61 Å². The Morgan fingerprint density at radius 2 is 1.89 bits per heavy atom. The molecule has 4 heteroatoms. The van der Waals surface area contributed by atoms with Gasteiger partial charge in [-0.05, 0) is 36.8 Å². The van der Waals surface area contributed by atoms with Crippen LogP contribution in [0.4, 0.5) is 4.39 Å². The molecule has 0 heterocycles. The van der Waals surface area contributed by atoms with Gasteiger partial charge in [0.25, 0.3) is 0 Å². The minimum absolute atomic E-state index is 0.136. The monoisotopic (exact) mass is 280 g/mol. The maximum Gasteiger partial charge on any atom is 0.131 e. The molecule has 0 fully saturated rings. The molecule has 0 bridgehead atoms. The van der Waals surface area contributed by atoms with Crippen molar-refractivity contribution in [2.24, 2.45) is 0 Å². The lowest BCUT2D eigenvalue weighted by molar-refractivity contribution is 0.199. The van der Waals surface area contributed by atoms with E-state index in [9.17, 15) is 9.50 Å². The molecule has 0 spiro atoms. The van der Waals surface area contributed by atoms with Crippen LogP contribution in [0.3, 0.4) is 0 Å². The van der Waals surface area contributed by atoms with Crippen molar-refractivity contribution < 1.29 is 14.2 Å². The average molecular weight is 281 g/mol. The first-order valence-electron chi connectivity index (χ1n) is 5.91. The molecule has 2 aromatic carbocycles. The zero-order valence-electron chi connectivity index (χ0n) is 10.4. The third kappa shape index (κ3) is 3.69. The van der Waals surface area contributed by atoms with Crippen LogP contribution in [0.25, 0.3) is 0 Å². The zero-order chi connectivity index (χ0) is 13.8. The van der Waals surface area contributed by atoms with Crippen molar-refractivity contribution in [1.82, 2.24) is 0 Å². The second-order valence-corrected chi connectivity index (χ2v) is 4.71. The summed E-state index contributed by atoms with van der Waals surface area (Å²) in [6, 6.07) is 11.5. The summed E-state index contributed by atoms with van der Waals surface area (Å²) in [6.45, 7) is 1.83. The van der Waals surface area contributed by atoms with E-state index in [4.69, 9.17) is 16.3 Å². The van der Waals surface area contributed by atoms with Crippen molar-refractivity contribution in [3.63, 3.8) is 0 Å². The van der Waals surface area contributed by atoms with E-state index in [2.05, 4.69) is 0 Å². The van der Waals surface area contributed by atoms with E-state index in [0.717, 1.165) is 5.56 Å². The molecule has 1 atom stereocenters. The highest BCUT2D eigenvalue weighted by molar-refractivity contribution is 6.30. The highest BCUT2D eigenvalue weighted by Crippen LogP contribution is 2.20. The highest BCUT2D eigenvalue weighted by Gasteiger charge is 2.05. The van der Waals surface area contributed by atoms with Crippen LogP contribution in [-0.4, -0.2) is 5.11 Å². The summed E-state index contributed by atoms with van der Waals surface area (Å²) in [7, 11) is 0. The van der Waals surface area contributed by atoms with Crippen LogP contribution in [0.15, 0.2) is 42.5 Å². The first-order chi connectivity index (χ1) is 9.06. The van der Waals surface area contributed by atoms with Crippen LogP contribution in [0, 0.1) is 5.82 Å². The van der Waals surface area contributed by atoms with Crippen molar-refractivity contribution in [2.75, 3.05) is 0 Å². The molecule has 2 aromatic rings. The molecule has 0 saturated carbocycles. The summed E-state index contributed by atoms with van der Waals surface area (Å²) in [5.74, 6) is 0.242. The number of ether oxygens (including phenoxy) is 1. The van der Waals surface area contributed by atoms with E-state index >= 15 is 0 Å². The lowest BCUT2D eigenvalue weighted by Gasteiger charge is -2.09. The van der Waals surface area contributed by atoms with Crippen molar-refractivity contribution in [3.05, 3.63) is 64.4 Å². The Labute approximate surface area is 116 Å². The molecule has 0 amide bonds. The number of hydrogen-bond acceptors (Lipinski definition) is 2. The Hall–Kier alpha value is -1.58. The van der Waals surface area contributed by atoms with Gasteiger partial charge in [-0.1, -0.05) is 29.8 Å². The van der Waals surface area contributed by atoms with E-state index in [1.165, 1.54) is 6.07 Å².